The first kappa shape index (κ1) is 23.2. The molecule has 190 valence electrons. The lowest BCUT2D eigenvalue weighted by Gasteiger charge is -2.42. The monoisotopic (exact) mass is 500 g/mol. The number of aryl methyl sites for hydroxylation is 1. The van der Waals surface area contributed by atoms with Gasteiger partial charge in [-0.05, 0) is 66.1 Å². The molecule has 3 aromatic carbocycles. The van der Waals surface area contributed by atoms with Crippen LogP contribution in [0, 0.1) is 6.92 Å². The van der Waals surface area contributed by atoms with Crippen molar-refractivity contribution in [3.05, 3.63) is 106 Å². The summed E-state index contributed by atoms with van der Waals surface area (Å²) >= 11 is 0. The average Bonchev–Trinajstić information content (AvgIpc) is 3.29. The van der Waals surface area contributed by atoms with Gasteiger partial charge in [-0.25, -0.2) is 0 Å². The second-order valence-corrected chi connectivity index (χ2v) is 11.1. The smallest absolute Gasteiger partial charge is 0.161 e. The minimum atomic E-state index is -0.281. The second kappa shape index (κ2) is 8.83. The highest BCUT2D eigenvalue weighted by Crippen LogP contribution is 2.50. The standard InChI is InChI=1S/C34H32N2O2/c1-21-17-18-22-9-3-4-10-23(22)25(21)19-36-20-26(24-11-5-6-12-27(24)36)32-33-28(13-7-15-30(33)37)35(2)29-14-8-16-31(38)34(29)32/h3-6,9-12,17-18,20,32H,7-8,13-16,19H2,1-2H3. The zero-order valence-corrected chi connectivity index (χ0v) is 22.1. The van der Waals surface area contributed by atoms with Crippen LogP contribution in [0.2, 0.25) is 0 Å². The molecule has 4 nitrogen and oxygen atoms in total. The second-order valence-electron chi connectivity index (χ2n) is 11.1. The molecule has 0 radical (unpaired) electrons. The molecule has 1 aliphatic heterocycles. The third kappa shape index (κ3) is 3.43. The van der Waals surface area contributed by atoms with Gasteiger partial charge in [0.15, 0.2) is 11.6 Å². The molecule has 4 heteroatoms. The van der Waals surface area contributed by atoms with E-state index in [1.807, 2.05) is 0 Å². The van der Waals surface area contributed by atoms with Crippen LogP contribution in [0.25, 0.3) is 21.7 Å². The van der Waals surface area contributed by atoms with Gasteiger partial charge in [0.2, 0.25) is 0 Å². The van der Waals surface area contributed by atoms with E-state index in [0.717, 1.165) is 71.2 Å². The zero-order chi connectivity index (χ0) is 26.0. The Morgan fingerprint density at radius 2 is 1.39 bits per heavy atom. The fraction of sp³-hybridized carbons (Fsp3) is 0.294. The molecule has 0 saturated carbocycles. The first-order valence-electron chi connectivity index (χ1n) is 13.8. The number of hydrogen-bond acceptors (Lipinski definition) is 3. The van der Waals surface area contributed by atoms with Gasteiger partial charge in [0.1, 0.15) is 0 Å². The predicted molar refractivity (Wildman–Crippen MR) is 152 cm³/mol. The van der Waals surface area contributed by atoms with E-state index in [-0.39, 0.29) is 17.5 Å². The van der Waals surface area contributed by atoms with Crippen LogP contribution >= 0.6 is 0 Å². The van der Waals surface area contributed by atoms with Crippen molar-refractivity contribution in [2.75, 3.05) is 7.05 Å². The van der Waals surface area contributed by atoms with Gasteiger partial charge >= 0.3 is 0 Å². The molecule has 0 fully saturated rings. The number of aromatic nitrogens is 1. The van der Waals surface area contributed by atoms with Crippen LogP contribution in [-0.2, 0) is 16.1 Å². The Morgan fingerprint density at radius 3 is 2.11 bits per heavy atom. The van der Waals surface area contributed by atoms with Gasteiger partial charge in [0.25, 0.3) is 0 Å². The molecular formula is C34H32N2O2. The van der Waals surface area contributed by atoms with Crippen LogP contribution in [0.5, 0.6) is 0 Å². The van der Waals surface area contributed by atoms with Crippen molar-refractivity contribution in [3.63, 3.8) is 0 Å². The van der Waals surface area contributed by atoms with E-state index >= 15 is 0 Å². The van der Waals surface area contributed by atoms with Crippen molar-refractivity contribution >= 4 is 33.2 Å². The van der Waals surface area contributed by atoms with Gasteiger partial charge in [-0.2, -0.15) is 0 Å². The predicted octanol–water partition coefficient (Wildman–Crippen LogP) is 7.19. The van der Waals surface area contributed by atoms with E-state index in [1.54, 1.807) is 0 Å². The van der Waals surface area contributed by atoms with E-state index < -0.39 is 0 Å². The number of Topliss-reactive ketones (excluding diaryl/α,β-unsaturated/α-hetero) is 2. The molecule has 0 bridgehead atoms. The van der Waals surface area contributed by atoms with Crippen LogP contribution in [0.15, 0.2) is 89.4 Å². The van der Waals surface area contributed by atoms with Crippen LogP contribution in [0.1, 0.15) is 61.1 Å². The molecule has 0 N–H and O–H groups in total. The van der Waals surface area contributed by atoms with Gasteiger partial charge in [0, 0.05) is 72.0 Å². The number of carbonyl (C=O) groups excluding carboxylic acids is 2. The summed E-state index contributed by atoms with van der Waals surface area (Å²) in [5.74, 6) is 0.126. The lowest BCUT2D eigenvalue weighted by atomic mass is 9.71. The number of para-hydroxylation sites is 1. The number of rotatable bonds is 3. The quantitative estimate of drug-likeness (QED) is 0.299. The lowest BCUT2D eigenvalue weighted by molar-refractivity contribution is -0.117. The largest absolute Gasteiger partial charge is 0.351 e. The third-order valence-corrected chi connectivity index (χ3v) is 8.98. The van der Waals surface area contributed by atoms with E-state index in [0.29, 0.717) is 12.8 Å². The van der Waals surface area contributed by atoms with Crippen LogP contribution in [0.4, 0.5) is 0 Å². The number of carbonyl (C=O) groups is 2. The van der Waals surface area contributed by atoms with Gasteiger partial charge in [-0.3, -0.25) is 9.59 Å². The summed E-state index contributed by atoms with van der Waals surface area (Å²) in [4.78, 5) is 29.3. The van der Waals surface area contributed by atoms with Crippen molar-refractivity contribution in [1.29, 1.82) is 0 Å². The normalized spacial score (nSPS) is 18.5. The van der Waals surface area contributed by atoms with Crippen molar-refractivity contribution in [2.24, 2.45) is 0 Å². The summed E-state index contributed by atoms with van der Waals surface area (Å²) in [5.41, 5.74) is 8.78. The molecule has 1 aromatic heterocycles. The highest BCUT2D eigenvalue weighted by atomic mass is 16.1. The number of hydrogen-bond donors (Lipinski definition) is 0. The Bertz CT molecular complexity index is 1670. The lowest BCUT2D eigenvalue weighted by Crippen LogP contribution is -2.37. The molecule has 0 atom stereocenters. The van der Waals surface area contributed by atoms with Crippen molar-refractivity contribution < 1.29 is 9.59 Å². The summed E-state index contributed by atoms with van der Waals surface area (Å²) in [5, 5.41) is 3.65. The number of ketones is 2. The van der Waals surface area contributed by atoms with Crippen molar-refractivity contribution in [3.8, 4) is 0 Å². The number of fused-ring (bicyclic) bond motifs is 2. The number of nitrogens with zero attached hydrogens (tertiary/aromatic N) is 2. The Morgan fingerprint density at radius 1 is 0.763 bits per heavy atom. The van der Waals surface area contributed by atoms with E-state index in [2.05, 4.69) is 90.3 Å². The van der Waals surface area contributed by atoms with Crippen LogP contribution in [-0.4, -0.2) is 28.1 Å². The molecule has 38 heavy (non-hydrogen) atoms. The Labute approximate surface area is 223 Å². The molecule has 0 unspecified atom stereocenters. The molecule has 3 aliphatic rings. The SMILES string of the molecule is Cc1ccc2ccccc2c1Cn1cc(C2C3=C(CCCC3=O)N(C)C3=C2C(=O)CCC3)c2ccccc21. The topological polar surface area (TPSA) is 42.3 Å². The highest BCUT2D eigenvalue weighted by Gasteiger charge is 2.43. The molecule has 2 aliphatic carbocycles. The Hall–Kier alpha value is -3.92. The highest BCUT2D eigenvalue weighted by molar-refractivity contribution is 6.07. The molecule has 0 amide bonds. The first-order chi connectivity index (χ1) is 18.5. The third-order valence-electron chi connectivity index (χ3n) is 8.98. The summed E-state index contributed by atoms with van der Waals surface area (Å²) < 4.78 is 2.33. The number of allylic oxidation sites excluding steroid dienone is 4. The maximum atomic E-state index is 13.5. The zero-order valence-electron chi connectivity index (χ0n) is 22.1. The molecule has 0 spiro atoms. The summed E-state index contributed by atoms with van der Waals surface area (Å²) in [7, 11) is 2.06. The van der Waals surface area contributed by atoms with Crippen LogP contribution in [0.3, 0.4) is 0 Å². The summed E-state index contributed by atoms with van der Waals surface area (Å²) in [6.07, 6.45) is 6.92. The maximum Gasteiger partial charge on any atom is 0.161 e. The van der Waals surface area contributed by atoms with E-state index in [9.17, 15) is 9.59 Å². The molecule has 0 saturated heterocycles. The maximum absolute atomic E-state index is 13.5. The van der Waals surface area contributed by atoms with Crippen molar-refractivity contribution in [1.82, 2.24) is 9.47 Å². The minimum absolute atomic E-state index is 0.203. The first-order valence-corrected chi connectivity index (χ1v) is 13.8. The molecule has 4 aromatic rings. The van der Waals surface area contributed by atoms with Crippen molar-refractivity contribution in [2.45, 2.75) is 57.9 Å². The summed E-state index contributed by atoms with van der Waals surface area (Å²) in [6, 6.07) is 21.5. The van der Waals surface area contributed by atoms with Crippen LogP contribution < -0.4 is 0 Å². The molecule has 2 heterocycles. The summed E-state index contributed by atoms with van der Waals surface area (Å²) in [6.45, 7) is 2.92. The van der Waals surface area contributed by atoms with Gasteiger partial charge in [0.05, 0.1) is 0 Å². The molecule has 7 rings (SSSR count). The Kier molecular flexibility index (Phi) is 5.40. The molecular weight excluding hydrogens is 468 g/mol. The van der Waals surface area contributed by atoms with Gasteiger partial charge in [-0.15, -0.1) is 0 Å². The minimum Gasteiger partial charge on any atom is -0.351 e. The fourth-order valence-corrected chi connectivity index (χ4v) is 7.12. The van der Waals surface area contributed by atoms with E-state index in [4.69, 9.17) is 0 Å². The van der Waals surface area contributed by atoms with Gasteiger partial charge < -0.3 is 9.47 Å². The van der Waals surface area contributed by atoms with E-state index in [1.165, 1.54) is 21.9 Å². The Balaban J connectivity index is 1.46. The van der Waals surface area contributed by atoms with Gasteiger partial charge in [-0.1, -0.05) is 54.6 Å². The fourth-order valence-electron chi connectivity index (χ4n) is 7.12. The number of benzene rings is 3. The average molecular weight is 501 g/mol.